The molecule has 2 aliphatic rings. The summed E-state index contributed by atoms with van der Waals surface area (Å²) in [6, 6.07) is 0.584. The van der Waals surface area contributed by atoms with Crippen molar-refractivity contribution in [2.24, 2.45) is 0 Å². The molecule has 2 rings (SSSR count). The van der Waals surface area contributed by atoms with Crippen LogP contribution in [0.25, 0.3) is 0 Å². The van der Waals surface area contributed by atoms with Crippen molar-refractivity contribution in [1.82, 2.24) is 4.90 Å². The summed E-state index contributed by atoms with van der Waals surface area (Å²) < 4.78 is 18.5. The van der Waals surface area contributed by atoms with Gasteiger partial charge in [0.15, 0.2) is 0 Å². The Hall–Kier alpha value is -0.150. The molecule has 0 radical (unpaired) electrons. The van der Waals surface area contributed by atoms with Crippen LogP contribution in [0.15, 0.2) is 0 Å². The monoisotopic (exact) mass is 233 g/mol. The quantitative estimate of drug-likeness (QED) is 0.689. The van der Waals surface area contributed by atoms with Crippen LogP contribution >= 0.6 is 0 Å². The lowest BCUT2D eigenvalue weighted by Crippen LogP contribution is -2.53. The first kappa shape index (κ1) is 15.9. The summed E-state index contributed by atoms with van der Waals surface area (Å²) in [6.45, 7) is 13.2. The molecule has 16 heavy (non-hydrogen) atoms. The number of likely N-dealkylation sites (tertiary alicyclic amines) is 1. The van der Waals surface area contributed by atoms with Gasteiger partial charge in [-0.15, -0.1) is 0 Å². The van der Waals surface area contributed by atoms with Crippen LogP contribution in [0.3, 0.4) is 0 Å². The third-order valence-electron chi connectivity index (χ3n) is 2.98. The van der Waals surface area contributed by atoms with Gasteiger partial charge in [0.2, 0.25) is 0 Å². The van der Waals surface area contributed by atoms with E-state index < -0.39 is 5.67 Å². The smallest absolute Gasteiger partial charge is 0.110 e. The van der Waals surface area contributed by atoms with Gasteiger partial charge in [-0.05, 0) is 19.8 Å². The van der Waals surface area contributed by atoms with Gasteiger partial charge in [0, 0.05) is 13.1 Å². The number of halogens is 1. The van der Waals surface area contributed by atoms with Crippen LogP contribution in [0.1, 0.15) is 47.5 Å². The molecule has 0 atom stereocenters. The van der Waals surface area contributed by atoms with Crippen LogP contribution in [-0.4, -0.2) is 42.9 Å². The standard InChI is InChI=1S/C9H16FNO.2C2H6/c1-9(10)2-4-11(5-3-9)8-6-12-7-8;2*1-2/h8H,2-7H2,1H3;2*1-2H3. The lowest BCUT2D eigenvalue weighted by Gasteiger charge is -2.42. The highest BCUT2D eigenvalue weighted by Crippen LogP contribution is 2.27. The molecule has 2 saturated heterocycles. The molecule has 0 bridgehead atoms. The second-order valence-corrected chi connectivity index (χ2v) is 4.14. The number of hydrogen-bond donors (Lipinski definition) is 0. The molecule has 0 spiro atoms. The van der Waals surface area contributed by atoms with Gasteiger partial charge in [0.05, 0.1) is 19.3 Å². The van der Waals surface area contributed by atoms with Crippen molar-refractivity contribution in [3.8, 4) is 0 Å². The summed E-state index contributed by atoms with van der Waals surface area (Å²) in [7, 11) is 0. The summed E-state index contributed by atoms with van der Waals surface area (Å²) in [6.07, 6.45) is 1.37. The molecule has 0 N–H and O–H groups in total. The molecule has 0 saturated carbocycles. The van der Waals surface area contributed by atoms with Crippen LogP contribution in [0.2, 0.25) is 0 Å². The van der Waals surface area contributed by atoms with Crippen molar-refractivity contribution in [3.63, 3.8) is 0 Å². The lowest BCUT2D eigenvalue weighted by molar-refractivity contribution is -0.0827. The molecule has 0 aromatic rings. The molecule has 0 unspecified atom stereocenters. The maximum atomic E-state index is 13.4. The van der Waals surface area contributed by atoms with Gasteiger partial charge in [-0.1, -0.05) is 27.7 Å². The fourth-order valence-corrected chi connectivity index (χ4v) is 1.79. The zero-order valence-corrected chi connectivity index (χ0v) is 11.6. The van der Waals surface area contributed by atoms with E-state index in [1.165, 1.54) is 0 Å². The van der Waals surface area contributed by atoms with Crippen molar-refractivity contribution in [2.45, 2.75) is 59.2 Å². The van der Waals surface area contributed by atoms with E-state index in [1.807, 2.05) is 27.7 Å². The van der Waals surface area contributed by atoms with Crippen molar-refractivity contribution in [3.05, 3.63) is 0 Å². The summed E-state index contributed by atoms with van der Waals surface area (Å²) >= 11 is 0. The highest BCUT2D eigenvalue weighted by molar-refractivity contribution is 4.87. The van der Waals surface area contributed by atoms with Crippen molar-refractivity contribution in [2.75, 3.05) is 26.3 Å². The van der Waals surface area contributed by atoms with Gasteiger partial charge in [-0.25, -0.2) is 4.39 Å². The Bertz CT molecular complexity index is 159. The zero-order chi connectivity index (χ0) is 12.6. The summed E-state index contributed by atoms with van der Waals surface area (Å²) in [5.74, 6) is 0. The van der Waals surface area contributed by atoms with E-state index in [9.17, 15) is 4.39 Å². The van der Waals surface area contributed by atoms with Gasteiger partial charge in [0.25, 0.3) is 0 Å². The SMILES string of the molecule is CC.CC.CC1(F)CCN(C2COC2)CC1. The minimum Gasteiger partial charge on any atom is -0.378 e. The molecule has 2 nitrogen and oxygen atoms in total. The van der Waals surface area contributed by atoms with E-state index in [1.54, 1.807) is 6.92 Å². The molecule has 3 heteroatoms. The summed E-state index contributed by atoms with van der Waals surface area (Å²) in [5.41, 5.74) is -0.916. The van der Waals surface area contributed by atoms with E-state index in [0.717, 1.165) is 26.3 Å². The van der Waals surface area contributed by atoms with Crippen LogP contribution < -0.4 is 0 Å². The minimum atomic E-state index is -0.916. The van der Waals surface area contributed by atoms with Crippen LogP contribution in [-0.2, 0) is 4.74 Å². The molecule has 0 amide bonds. The molecule has 98 valence electrons. The first-order valence-corrected chi connectivity index (χ1v) is 6.68. The first-order valence-electron chi connectivity index (χ1n) is 6.68. The molecular formula is C13H28FNO. The van der Waals surface area contributed by atoms with E-state index >= 15 is 0 Å². The molecule has 0 aliphatic carbocycles. The van der Waals surface area contributed by atoms with Crippen LogP contribution in [0.5, 0.6) is 0 Å². The van der Waals surface area contributed by atoms with Gasteiger partial charge in [0.1, 0.15) is 5.67 Å². The third-order valence-corrected chi connectivity index (χ3v) is 2.98. The summed E-state index contributed by atoms with van der Waals surface area (Å²) in [5, 5.41) is 0. The maximum Gasteiger partial charge on any atom is 0.110 e. The van der Waals surface area contributed by atoms with E-state index in [4.69, 9.17) is 4.74 Å². The van der Waals surface area contributed by atoms with E-state index in [2.05, 4.69) is 4.90 Å². The second kappa shape index (κ2) is 8.02. The minimum absolute atomic E-state index is 0.584. The number of rotatable bonds is 1. The maximum absolute atomic E-state index is 13.4. The van der Waals surface area contributed by atoms with E-state index in [0.29, 0.717) is 18.9 Å². The highest BCUT2D eigenvalue weighted by Gasteiger charge is 2.34. The van der Waals surface area contributed by atoms with Crippen LogP contribution in [0.4, 0.5) is 4.39 Å². The Morgan fingerprint density at radius 1 is 1.06 bits per heavy atom. The topological polar surface area (TPSA) is 12.5 Å². The zero-order valence-electron chi connectivity index (χ0n) is 11.6. The van der Waals surface area contributed by atoms with Crippen LogP contribution in [0, 0.1) is 0 Å². The number of nitrogens with zero attached hydrogens (tertiary/aromatic N) is 1. The third kappa shape index (κ3) is 4.79. The average Bonchev–Trinajstić information content (AvgIpc) is 2.24. The van der Waals surface area contributed by atoms with Gasteiger partial charge >= 0.3 is 0 Å². The largest absolute Gasteiger partial charge is 0.378 e. The molecular weight excluding hydrogens is 205 g/mol. The summed E-state index contributed by atoms with van der Waals surface area (Å²) in [4.78, 5) is 2.35. The van der Waals surface area contributed by atoms with Crippen molar-refractivity contribution in [1.29, 1.82) is 0 Å². The second-order valence-electron chi connectivity index (χ2n) is 4.14. The predicted octanol–water partition coefficient (Wildman–Crippen LogP) is 3.26. The number of piperidine rings is 1. The Labute approximate surface area is 100 Å². The first-order chi connectivity index (χ1) is 7.67. The number of alkyl halides is 1. The lowest BCUT2D eigenvalue weighted by atomic mass is 9.94. The number of ether oxygens (including phenoxy) is 1. The number of hydrogen-bond acceptors (Lipinski definition) is 2. The fourth-order valence-electron chi connectivity index (χ4n) is 1.79. The van der Waals surface area contributed by atoms with Gasteiger partial charge in [-0.2, -0.15) is 0 Å². The molecule has 0 aromatic carbocycles. The van der Waals surface area contributed by atoms with Gasteiger partial charge in [-0.3, -0.25) is 4.90 Å². The Balaban J connectivity index is 0.000000509. The molecule has 2 aliphatic heterocycles. The van der Waals surface area contributed by atoms with Gasteiger partial charge < -0.3 is 4.74 Å². The molecule has 2 heterocycles. The Morgan fingerprint density at radius 3 is 1.81 bits per heavy atom. The van der Waals surface area contributed by atoms with Crippen molar-refractivity contribution >= 4 is 0 Å². The van der Waals surface area contributed by atoms with E-state index in [-0.39, 0.29) is 0 Å². The average molecular weight is 233 g/mol. The predicted molar refractivity (Wildman–Crippen MR) is 67.6 cm³/mol. The van der Waals surface area contributed by atoms with Crippen molar-refractivity contribution < 1.29 is 9.13 Å². The normalized spacial score (nSPS) is 24.4. The fraction of sp³-hybridized carbons (Fsp3) is 1.00. The molecule has 0 aromatic heterocycles. The highest BCUT2D eigenvalue weighted by atomic mass is 19.1. The molecule has 2 fully saturated rings. The Kier molecular flexibility index (Phi) is 7.94. The Morgan fingerprint density at radius 2 is 1.50 bits per heavy atom.